The first-order valence-electron chi connectivity index (χ1n) is 7.28. The van der Waals surface area contributed by atoms with Crippen LogP contribution >= 0.6 is 0 Å². The Hall–Kier alpha value is -2.16. The van der Waals surface area contributed by atoms with Crippen LogP contribution in [-0.2, 0) is 0 Å². The standard InChI is InChI=1S/C18H23NO2/c1-5-21-17-9-10-18(13(2)11-17)19-14(3)15-7-6-8-16(12-15)20-4/h6-12,14,19H,5H2,1-4H3. The maximum atomic E-state index is 5.52. The van der Waals surface area contributed by atoms with Crippen molar-refractivity contribution in [2.24, 2.45) is 0 Å². The molecule has 2 rings (SSSR count). The van der Waals surface area contributed by atoms with E-state index < -0.39 is 0 Å². The topological polar surface area (TPSA) is 30.5 Å². The zero-order chi connectivity index (χ0) is 15.2. The molecule has 1 unspecified atom stereocenters. The molecule has 3 nitrogen and oxygen atoms in total. The van der Waals surface area contributed by atoms with Gasteiger partial charge in [-0.25, -0.2) is 0 Å². The first kappa shape index (κ1) is 15.2. The normalized spacial score (nSPS) is 11.8. The third kappa shape index (κ3) is 3.91. The first-order chi connectivity index (χ1) is 10.1. The third-order valence-corrected chi connectivity index (χ3v) is 3.47. The highest BCUT2D eigenvalue weighted by Crippen LogP contribution is 2.27. The predicted octanol–water partition coefficient (Wildman–Crippen LogP) is 4.58. The Balaban J connectivity index is 2.13. The lowest BCUT2D eigenvalue weighted by molar-refractivity contribution is 0.340. The molecule has 0 saturated carbocycles. The van der Waals surface area contributed by atoms with E-state index in [4.69, 9.17) is 9.47 Å². The molecule has 0 radical (unpaired) electrons. The Morgan fingerprint density at radius 1 is 1.10 bits per heavy atom. The van der Waals surface area contributed by atoms with Gasteiger partial charge < -0.3 is 14.8 Å². The summed E-state index contributed by atoms with van der Waals surface area (Å²) in [6.45, 7) is 6.91. The highest BCUT2D eigenvalue weighted by Gasteiger charge is 2.08. The Kier molecular flexibility index (Phi) is 5.09. The minimum absolute atomic E-state index is 0.205. The van der Waals surface area contributed by atoms with Crippen LogP contribution in [0.3, 0.4) is 0 Å². The van der Waals surface area contributed by atoms with Crippen molar-refractivity contribution in [3.63, 3.8) is 0 Å². The molecule has 0 heterocycles. The SMILES string of the molecule is CCOc1ccc(NC(C)c2cccc(OC)c2)c(C)c1. The van der Waals surface area contributed by atoms with Gasteiger partial charge in [0.2, 0.25) is 0 Å². The number of benzene rings is 2. The fraction of sp³-hybridized carbons (Fsp3) is 0.333. The summed E-state index contributed by atoms with van der Waals surface area (Å²) in [7, 11) is 1.69. The fourth-order valence-corrected chi connectivity index (χ4v) is 2.28. The van der Waals surface area contributed by atoms with E-state index >= 15 is 0 Å². The van der Waals surface area contributed by atoms with Gasteiger partial charge in [-0.3, -0.25) is 0 Å². The van der Waals surface area contributed by atoms with E-state index in [1.165, 1.54) is 11.1 Å². The van der Waals surface area contributed by atoms with Crippen molar-refractivity contribution in [2.45, 2.75) is 26.8 Å². The van der Waals surface area contributed by atoms with Gasteiger partial charge in [0.1, 0.15) is 11.5 Å². The van der Waals surface area contributed by atoms with E-state index in [9.17, 15) is 0 Å². The number of ether oxygens (including phenoxy) is 2. The molecular formula is C18H23NO2. The van der Waals surface area contributed by atoms with Crippen molar-refractivity contribution in [3.05, 3.63) is 53.6 Å². The summed E-state index contributed by atoms with van der Waals surface area (Å²) in [5.41, 5.74) is 3.49. The fourth-order valence-electron chi connectivity index (χ4n) is 2.28. The highest BCUT2D eigenvalue weighted by molar-refractivity contribution is 5.55. The molecule has 0 aromatic heterocycles. The summed E-state index contributed by atoms with van der Waals surface area (Å²) in [6, 6.07) is 14.5. The van der Waals surface area contributed by atoms with Crippen LogP contribution in [0.15, 0.2) is 42.5 Å². The second-order valence-electron chi connectivity index (χ2n) is 5.05. The van der Waals surface area contributed by atoms with Crippen LogP contribution in [0.2, 0.25) is 0 Å². The quantitative estimate of drug-likeness (QED) is 0.843. The smallest absolute Gasteiger partial charge is 0.119 e. The van der Waals surface area contributed by atoms with Gasteiger partial charge in [-0.1, -0.05) is 12.1 Å². The molecule has 112 valence electrons. The maximum Gasteiger partial charge on any atom is 0.119 e. The number of rotatable bonds is 6. The summed E-state index contributed by atoms with van der Waals surface area (Å²) < 4.78 is 10.8. The van der Waals surface area contributed by atoms with Crippen LogP contribution in [0.4, 0.5) is 5.69 Å². The lowest BCUT2D eigenvalue weighted by atomic mass is 10.1. The van der Waals surface area contributed by atoms with Crippen molar-refractivity contribution in [3.8, 4) is 11.5 Å². The van der Waals surface area contributed by atoms with E-state index in [1.54, 1.807) is 7.11 Å². The molecule has 0 aliphatic rings. The van der Waals surface area contributed by atoms with Crippen molar-refractivity contribution in [2.75, 3.05) is 19.0 Å². The summed E-state index contributed by atoms with van der Waals surface area (Å²) >= 11 is 0. The number of hydrogen-bond donors (Lipinski definition) is 1. The van der Waals surface area contributed by atoms with Crippen molar-refractivity contribution in [1.82, 2.24) is 0 Å². The van der Waals surface area contributed by atoms with E-state index in [1.807, 2.05) is 25.1 Å². The van der Waals surface area contributed by atoms with Gasteiger partial charge in [0, 0.05) is 11.7 Å². The zero-order valence-corrected chi connectivity index (χ0v) is 13.1. The predicted molar refractivity (Wildman–Crippen MR) is 87.4 cm³/mol. The Labute approximate surface area is 126 Å². The molecule has 0 aliphatic carbocycles. The van der Waals surface area contributed by atoms with E-state index in [0.717, 1.165) is 17.2 Å². The first-order valence-corrected chi connectivity index (χ1v) is 7.28. The maximum absolute atomic E-state index is 5.52. The summed E-state index contributed by atoms with van der Waals surface area (Å²) in [4.78, 5) is 0. The van der Waals surface area contributed by atoms with Crippen LogP contribution in [0, 0.1) is 6.92 Å². The molecule has 3 heteroatoms. The molecule has 0 saturated heterocycles. The number of aryl methyl sites for hydroxylation is 1. The lowest BCUT2D eigenvalue weighted by Gasteiger charge is -2.18. The van der Waals surface area contributed by atoms with Crippen LogP contribution in [0.25, 0.3) is 0 Å². The monoisotopic (exact) mass is 285 g/mol. The van der Waals surface area contributed by atoms with E-state index in [0.29, 0.717) is 6.61 Å². The summed E-state index contributed by atoms with van der Waals surface area (Å²) in [5.74, 6) is 1.79. The molecule has 0 amide bonds. The second-order valence-corrected chi connectivity index (χ2v) is 5.05. The number of nitrogens with one attached hydrogen (secondary N) is 1. The van der Waals surface area contributed by atoms with Crippen LogP contribution in [0.5, 0.6) is 11.5 Å². The van der Waals surface area contributed by atoms with Crippen LogP contribution in [0.1, 0.15) is 31.0 Å². The lowest BCUT2D eigenvalue weighted by Crippen LogP contribution is -2.08. The Morgan fingerprint density at radius 3 is 2.57 bits per heavy atom. The van der Waals surface area contributed by atoms with E-state index in [-0.39, 0.29) is 6.04 Å². The summed E-state index contributed by atoms with van der Waals surface area (Å²) in [5, 5.41) is 3.54. The second kappa shape index (κ2) is 7.02. The molecule has 2 aromatic carbocycles. The molecule has 0 spiro atoms. The van der Waals surface area contributed by atoms with Gasteiger partial charge in [0.15, 0.2) is 0 Å². The molecule has 21 heavy (non-hydrogen) atoms. The van der Waals surface area contributed by atoms with Gasteiger partial charge in [-0.2, -0.15) is 0 Å². The van der Waals surface area contributed by atoms with Gasteiger partial charge in [0.25, 0.3) is 0 Å². The molecule has 0 fully saturated rings. The van der Waals surface area contributed by atoms with Gasteiger partial charge in [-0.05, 0) is 62.2 Å². The van der Waals surface area contributed by atoms with Gasteiger partial charge in [-0.15, -0.1) is 0 Å². The average Bonchev–Trinajstić information content (AvgIpc) is 2.50. The Morgan fingerprint density at radius 2 is 1.90 bits per heavy atom. The number of hydrogen-bond acceptors (Lipinski definition) is 3. The van der Waals surface area contributed by atoms with Crippen molar-refractivity contribution >= 4 is 5.69 Å². The summed E-state index contributed by atoms with van der Waals surface area (Å²) in [6.07, 6.45) is 0. The molecule has 1 atom stereocenters. The average molecular weight is 285 g/mol. The van der Waals surface area contributed by atoms with Crippen molar-refractivity contribution < 1.29 is 9.47 Å². The Bertz CT molecular complexity index is 596. The zero-order valence-electron chi connectivity index (χ0n) is 13.1. The number of anilines is 1. The molecular weight excluding hydrogens is 262 g/mol. The highest BCUT2D eigenvalue weighted by atomic mass is 16.5. The van der Waals surface area contributed by atoms with Gasteiger partial charge in [0.05, 0.1) is 13.7 Å². The minimum atomic E-state index is 0.205. The molecule has 0 aliphatic heterocycles. The van der Waals surface area contributed by atoms with Crippen LogP contribution in [-0.4, -0.2) is 13.7 Å². The molecule has 0 bridgehead atoms. The van der Waals surface area contributed by atoms with Crippen molar-refractivity contribution in [1.29, 1.82) is 0 Å². The molecule has 2 aromatic rings. The van der Waals surface area contributed by atoms with E-state index in [2.05, 4.69) is 43.4 Å². The minimum Gasteiger partial charge on any atom is -0.497 e. The van der Waals surface area contributed by atoms with Gasteiger partial charge >= 0.3 is 0 Å². The molecule has 1 N–H and O–H groups in total. The third-order valence-electron chi connectivity index (χ3n) is 3.47. The largest absolute Gasteiger partial charge is 0.497 e. The number of methoxy groups -OCH3 is 1. The van der Waals surface area contributed by atoms with Crippen LogP contribution < -0.4 is 14.8 Å².